The lowest BCUT2D eigenvalue weighted by atomic mass is 10.0. The SMILES string of the molecule is CCOC(=O)N(c1ccccc1Cl)c1c(C)noc1-c1ccc(-c2ccc(CC(=O)O)cc2)c(Cl)c1. The molecule has 36 heavy (non-hydrogen) atoms. The fourth-order valence-electron chi connectivity index (χ4n) is 3.82. The lowest BCUT2D eigenvalue weighted by Gasteiger charge is -2.23. The van der Waals surface area contributed by atoms with E-state index in [2.05, 4.69) is 5.16 Å². The number of para-hydroxylation sites is 1. The third-order valence-corrected chi connectivity index (χ3v) is 6.08. The molecule has 0 aliphatic heterocycles. The number of anilines is 2. The molecule has 9 heteroatoms. The quantitative estimate of drug-likeness (QED) is 0.268. The fourth-order valence-corrected chi connectivity index (χ4v) is 4.33. The van der Waals surface area contributed by atoms with Crippen molar-refractivity contribution in [1.82, 2.24) is 5.16 Å². The molecule has 0 saturated carbocycles. The molecule has 1 amide bonds. The number of halogens is 2. The predicted octanol–water partition coefficient (Wildman–Crippen LogP) is 7.55. The van der Waals surface area contributed by atoms with Gasteiger partial charge in [-0.25, -0.2) is 9.69 Å². The number of ether oxygens (including phenoxy) is 1. The molecule has 3 aromatic carbocycles. The van der Waals surface area contributed by atoms with Gasteiger partial charge >= 0.3 is 12.1 Å². The van der Waals surface area contributed by atoms with E-state index in [-0.39, 0.29) is 13.0 Å². The van der Waals surface area contributed by atoms with Crippen LogP contribution >= 0.6 is 23.2 Å². The summed E-state index contributed by atoms with van der Waals surface area (Å²) in [5, 5.41) is 13.9. The molecule has 0 aliphatic carbocycles. The second-order valence-electron chi connectivity index (χ2n) is 7.89. The van der Waals surface area contributed by atoms with E-state index in [0.29, 0.717) is 44.0 Å². The fraction of sp³-hybridized carbons (Fsp3) is 0.148. The number of hydrogen-bond acceptors (Lipinski definition) is 5. The summed E-state index contributed by atoms with van der Waals surface area (Å²) in [6.07, 6.45) is -0.675. The molecule has 0 bridgehead atoms. The minimum Gasteiger partial charge on any atom is -0.481 e. The van der Waals surface area contributed by atoms with E-state index in [1.54, 1.807) is 56.3 Å². The van der Waals surface area contributed by atoms with Gasteiger partial charge < -0.3 is 14.4 Å². The molecule has 0 aliphatic rings. The lowest BCUT2D eigenvalue weighted by molar-refractivity contribution is -0.136. The summed E-state index contributed by atoms with van der Waals surface area (Å²) in [5.74, 6) is -0.567. The molecule has 184 valence electrons. The van der Waals surface area contributed by atoms with Gasteiger partial charge in [0.25, 0.3) is 0 Å². The van der Waals surface area contributed by atoms with Crippen molar-refractivity contribution in [3.8, 4) is 22.5 Å². The largest absolute Gasteiger partial charge is 0.481 e. The number of nitrogens with zero attached hydrogens (tertiary/aromatic N) is 2. The number of aromatic nitrogens is 1. The standard InChI is InChI=1S/C27H22Cl2N2O5/c1-3-35-27(34)31(23-7-5-4-6-21(23)28)25-16(2)30-36-26(25)19-12-13-20(22(29)15-19)18-10-8-17(9-11-18)14-24(32)33/h4-13,15H,3,14H2,1-2H3,(H,32,33). The molecular weight excluding hydrogens is 503 g/mol. The molecular formula is C27H22Cl2N2O5. The van der Waals surface area contributed by atoms with Crippen molar-refractivity contribution in [2.45, 2.75) is 20.3 Å². The Morgan fingerprint density at radius 3 is 2.33 bits per heavy atom. The van der Waals surface area contributed by atoms with Crippen LogP contribution in [0, 0.1) is 6.92 Å². The van der Waals surface area contributed by atoms with Gasteiger partial charge in [-0.05, 0) is 43.2 Å². The Hall–Kier alpha value is -3.81. The maximum Gasteiger partial charge on any atom is 0.419 e. The average Bonchev–Trinajstić information content (AvgIpc) is 3.22. The first-order valence-corrected chi connectivity index (χ1v) is 11.8. The maximum atomic E-state index is 13.0. The summed E-state index contributed by atoms with van der Waals surface area (Å²) in [5.41, 5.74) is 4.17. The zero-order valence-electron chi connectivity index (χ0n) is 19.5. The third-order valence-electron chi connectivity index (χ3n) is 5.45. The molecule has 4 aromatic rings. The molecule has 4 rings (SSSR count). The van der Waals surface area contributed by atoms with E-state index in [9.17, 15) is 9.59 Å². The second kappa shape index (κ2) is 10.8. The summed E-state index contributed by atoms with van der Waals surface area (Å²) in [6, 6.07) is 19.4. The number of carbonyl (C=O) groups is 2. The highest BCUT2D eigenvalue weighted by molar-refractivity contribution is 6.34. The molecule has 0 saturated heterocycles. The first-order chi connectivity index (χ1) is 17.3. The smallest absolute Gasteiger partial charge is 0.419 e. The molecule has 7 nitrogen and oxygen atoms in total. The first-order valence-electron chi connectivity index (χ1n) is 11.1. The van der Waals surface area contributed by atoms with Crippen molar-refractivity contribution in [3.63, 3.8) is 0 Å². The van der Waals surface area contributed by atoms with Crippen LogP contribution < -0.4 is 4.90 Å². The Kier molecular flexibility index (Phi) is 7.62. The van der Waals surface area contributed by atoms with E-state index < -0.39 is 12.1 Å². The van der Waals surface area contributed by atoms with E-state index >= 15 is 0 Å². The van der Waals surface area contributed by atoms with Crippen LogP contribution in [0.3, 0.4) is 0 Å². The first kappa shape index (κ1) is 25.3. The van der Waals surface area contributed by atoms with Crippen LogP contribution in [0.1, 0.15) is 18.2 Å². The second-order valence-corrected chi connectivity index (χ2v) is 8.71. The van der Waals surface area contributed by atoms with E-state index in [0.717, 1.165) is 11.1 Å². The van der Waals surface area contributed by atoms with Gasteiger partial charge in [-0.2, -0.15) is 0 Å². The summed E-state index contributed by atoms with van der Waals surface area (Å²) < 4.78 is 11.0. The number of rotatable bonds is 7. The summed E-state index contributed by atoms with van der Waals surface area (Å²) in [4.78, 5) is 25.3. The number of aryl methyl sites for hydroxylation is 1. The van der Waals surface area contributed by atoms with Crippen molar-refractivity contribution >= 4 is 46.6 Å². The van der Waals surface area contributed by atoms with Crippen LogP contribution in [-0.2, 0) is 16.0 Å². The van der Waals surface area contributed by atoms with Crippen molar-refractivity contribution in [2.24, 2.45) is 0 Å². The zero-order chi connectivity index (χ0) is 25.8. The number of carboxylic acid groups (broad SMARTS) is 1. The number of hydrogen-bond donors (Lipinski definition) is 1. The molecule has 0 radical (unpaired) electrons. The Morgan fingerprint density at radius 2 is 1.69 bits per heavy atom. The third kappa shape index (κ3) is 5.22. The topological polar surface area (TPSA) is 92.9 Å². The molecule has 1 N–H and O–H groups in total. The lowest BCUT2D eigenvalue weighted by Crippen LogP contribution is -2.27. The number of amides is 1. The van der Waals surface area contributed by atoms with Crippen molar-refractivity contribution in [3.05, 3.63) is 88.0 Å². The monoisotopic (exact) mass is 524 g/mol. The van der Waals surface area contributed by atoms with Gasteiger partial charge in [0.05, 0.1) is 23.7 Å². The predicted molar refractivity (Wildman–Crippen MR) is 139 cm³/mol. The normalized spacial score (nSPS) is 10.8. The zero-order valence-corrected chi connectivity index (χ0v) is 21.0. The Balaban J connectivity index is 1.76. The van der Waals surface area contributed by atoms with Gasteiger partial charge in [-0.3, -0.25) is 4.79 Å². The van der Waals surface area contributed by atoms with E-state index in [1.807, 2.05) is 24.3 Å². The molecule has 1 heterocycles. The Bertz CT molecular complexity index is 1420. The highest BCUT2D eigenvalue weighted by atomic mass is 35.5. The van der Waals surface area contributed by atoms with Gasteiger partial charge in [-0.1, -0.05) is 76.9 Å². The molecule has 0 spiro atoms. The van der Waals surface area contributed by atoms with Crippen molar-refractivity contribution in [1.29, 1.82) is 0 Å². The van der Waals surface area contributed by atoms with Crippen LogP contribution in [0.2, 0.25) is 10.0 Å². The minimum atomic E-state index is -0.892. The van der Waals surface area contributed by atoms with Crippen LogP contribution in [0.15, 0.2) is 71.3 Å². The number of benzene rings is 3. The van der Waals surface area contributed by atoms with Crippen LogP contribution in [0.5, 0.6) is 0 Å². The number of carboxylic acids is 1. The summed E-state index contributed by atoms with van der Waals surface area (Å²) in [7, 11) is 0. The van der Waals surface area contributed by atoms with E-state index in [4.69, 9.17) is 37.6 Å². The molecule has 0 fully saturated rings. The van der Waals surface area contributed by atoms with Gasteiger partial charge in [0.2, 0.25) is 0 Å². The molecule has 0 atom stereocenters. The highest BCUT2D eigenvalue weighted by Gasteiger charge is 2.30. The number of carbonyl (C=O) groups excluding carboxylic acids is 1. The van der Waals surface area contributed by atoms with E-state index in [1.165, 1.54) is 4.90 Å². The molecule has 0 unspecified atom stereocenters. The summed E-state index contributed by atoms with van der Waals surface area (Å²) in [6.45, 7) is 3.61. The average molecular weight is 525 g/mol. The van der Waals surface area contributed by atoms with Crippen LogP contribution in [-0.4, -0.2) is 28.9 Å². The van der Waals surface area contributed by atoms with Gasteiger partial charge in [-0.15, -0.1) is 0 Å². The van der Waals surface area contributed by atoms with Crippen molar-refractivity contribution < 1.29 is 24.0 Å². The minimum absolute atomic E-state index is 0.0526. The van der Waals surface area contributed by atoms with Gasteiger partial charge in [0.15, 0.2) is 5.76 Å². The Morgan fingerprint density at radius 1 is 1.00 bits per heavy atom. The Labute approximate surface area is 217 Å². The summed E-state index contributed by atoms with van der Waals surface area (Å²) >= 11 is 13.1. The maximum absolute atomic E-state index is 13.0. The van der Waals surface area contributed by atoms with Crippen LogP contribution in [0.25, 0.3) is 22.5 Å². The van der Waals surface area contributed by atoms with Crippen molar-refractivity contribution in [2.75, 3.05) is 11.5 Å². The highest BCUT2D eigenvalue weighted by Crippen LogP contribution is 2.42. The van der Waals surface area contributed by atoms with Gasteiger partial charge in [0.1, 0.15) is 11.4 Å². The van der Waals surface area contributed by atoms with Crippen LogP contribution in [0.4, 0.5) is 16.2 Å². The molecule has 1 aromatic heterocycles. The van der Waals surface area contributed by atoms with Gasteiger partial charge in [0, 0.05) is 16.1 Å². The number of aliphatic carboxylic acids is 1.